The summed E-state index contributed by atoms with van der Waals surface area (Å²) in [6.07, 6.45) is -0.159. The molecular formula is C21H23NO6. The third kappa shape index (κ3) is 6.75. The number of carbonyl (C=O) groups excluding carboxylic acids is 3. The van der Waals surface area contributed by atoms with Gasteiger partial charge in [-0.1, -0.05) is 12.1 Å². The average molecular weight is 385 g/mol. The summed E-state index contributed by atoms with van der Waals surface area (Å²) in [5.41, 5.74) is 0.996. The van der Waals surface area contributed by atoms with Crippen LogP contribution in [0.1, 0.15) is 30.1 Å². The molecule has 7 heteroatoms. The zero-order chi connectivity index (χ0) is 20.4. The highest BCUT2D eigenvalue weighted by molar-refractivity contribution is 5.98. The number of hydrogen-bond acceptors (Lipinski definition) is 6. The highest BCUT2D eigenvalue weighted by atomic mass is 16.5. The van der Waals surface area contributed by atoms with E-state index in [1.54, 1.807) is 48.5 Å². The van der Waals surface area contributed by atoms with Gasteiger partial charge in [0.2, 0.25) is 5.91 Å². The topological polar surface area (TPSA) is 90.9 Å². The quantitative estimate of drug-likeness (QED) is 0.499. The number of carbonyl (C=O) groups is 3. The number of nitrogens with one attached hydrogen (secondary N) is 1. The van der Waals surface area contributed by atoms with Crippen LogP contribution in [0, 0.1) is 0 Å². The van der Waals surface area contributed by atoms with Gasteiger partial charge in [-0.2, -0.15) is 0 Å². The largest absolute Gasteiger partial charge is 0.497 e. The van der Waals surface area contributed by atoms with Gasteiger partial charge in [0.05, 0.1) is 20.1 Å². The Hall–Kier alpha value is -3.35. The number of amides is 1. The van der Waals surface area contributed by atoms with Crippen molar-refractivity contribution in [3.8, 4) is 11.5 Å². The smallest absolute Gasteiger partial charge is 0.306 e. The Bertz CT molecular complexity index is 816. The first-order chi connectivity index (χ1) is 13.5. The Morgan fingerprint density at radius 1 is 0.964 bits per heavy atom. The molecule has 0 spiro atoms. The summed E-state index contributed by atoms with van der Waals surface area (Å²) < 4.78 is 15.3. The predicted molar refractivity (Wildman–Crippen MR) is 104 cm³/mol. The maximum absolute atomic E-state index is 12.0. The number of benzene rings is 2. The molecule has 1 amide bonds. The lowest BCUT2D eigenvalue weighted by molar-refractivity contribution is -0.143. The van der Waals surface area contributed by atoms with E-state index in [4.69, 9.17) is 14.2 Å². The van der Waals surface area contributed by atoms with Crippen molar-refractivity contribution in [3.05, 3.63) is 54.1 Å². The second-order valence-corrected chi connectivity index (χ2v) is 5.82. The fourth-order valence-electron chi connectivity index (χ4n) is 2.34. The number of Topliss-reactive ketones (excluding diaryl/α,β-unsaturated/α-hetero) is 1. The maximum atomic E-state index is 12.0. The fraction of sp³-hybridized carbons (Fsp3) is 0.286. The van der Waals surface area contributed by atoms with Crippen molar-refractivity contribution in [3.63, 3.8) is 0 Å². The number of esters is 1. The van der Waals surface area contributed by atoms with Gasteiger partial charge in [-0.25, -0.2) is 0 Å². The summed E-state index contributed by atoms with van der Waals surface area (Å²) in [7, 11) is 1.50. The molecule has 1 N–H and O–H groups in total. The van der Waals surface area contributed by atoms with E-state index in [9.17, 15) is 14.4 Å². The second kappa shape index (κ2) is 10.7. The van der Waals surface area contributed by atoms with Crippen molar-refractivity contribution in [2.24, 2.45) is 0 Å². The zero-order valence-electron chi connectivity index (χ0n) is 15.9. The molecular weight excluding hydrogens is 362 g/mol. The van der Waals surface area contributed by atoms with Gasteiger partial charge < -0.3 is 19.5 Å². The Labute approximate surface area is 163 Å². The first-order valence-corrected chi connectivity index (χ1v) is 8.87. The minimum atomic E-state index is -0.613. The highest BCUT2D eigenvalue weighted by Gasteiger charge is 2.12. The lowest BCUT2D eigenvalue weighted by Crippen LogP contribution is -2.17. The van der Waals surface area contributed by atoms with E-state index >= 15 is 0 Å². The lowest BCUT2D eigenvalue weighted by Gasteiger charge is -2.08. The van der Waals surface area contributed by atoms with Crippen LogP contribution in [-0.2, 0) is 14.3 Å². The van der Waals surface area contributed by atoms with Gasteiger partial charge in [0.15, 0.2) is 12.4 Å². The number of anilines is 1. The first kappa shape index (κ1) is 21.0. The molecule has 2 rings (SSSR count). The van der Waals surface area contributed by atoms with Crippen molar-refractivity contribution in [2.75, 3.05) is 25.6 Å². The third-order valence-electron chi connectivity index (χ3n) is 3.76. The molecule has 0 saturated heterocycles. The van der Waals surface area contributed by atoms with Gasteiger partial charge in [-0.15, -0.1) is 0 Å². The summed E-state index contributed by atoms with van der Waals surface area (Å²) in [5.74, 6) is -0.0164. The van der Waals surface area contributed by atoms with Crippen LogP contribution in [-0.4, -0.2) is 38.0 Å². The number of rotatable bonds is 10. The molecule has 28 heavy (non-hydrogen) atoms. The fourth-order valence-corrected chi connectivity index (χ4v) is 2.34. The zero-order valence-corrected chi connectivity index (χ0v) is 15.9. The number of methoxy groups -OCH3 is 1. The highest BCUT2D eigenvalue weighted by Crippen LogP contribution is 2.16. The summed E-state index contributed by atoms with van der Waals surface area (Å²) in [5, 5.41) is 2.69. The molecule has 0 bridgehead atoms. The normalized spacial score (nSPS) is 10.1. The number of hydrogen-bond donors (Lipinski definition) is 1. The van der Waals surface area contributed by atoms with Gasteiger partial charge in [-0.3, -0.25) is 14.4 Å². The SMILES string of the molecule is CCOc1ccc(NC(=O)CCC(=O)OCC(=O)c2cccc(OC)c2)cc1. The van der Waals surface area contributed by atoms with Gasteiger partial charge in [-0.05, 0) is 43.3 Å². The van der Waals surface area contributed by atoms with Crippen LogP contribution in [0.15, 0.2) is 48.5 Å². The maximum Gasteiger partial charge on any atom is 0.306 e. The first-order valence-electron chi connectivity index (χ1n) is 8.87. The van der Waals surface area contributed by atoms with Crippen LogP contribution in [0.4, 0.5) is 5.69 Å². The van der Waals surface area contributed by atoms with Crippen LogP contribution in [0.2, 0.25) is 0 Å². The second-order valence-electron chi connectivity index (χ2n) is 5.82. The van der Waals surface area contributed by atoms with Crippen molar-refractivity contribution < 1.29 is 28.6 Å². The van der Waals surface area contributed by atoms with E-state index < -0.39 is 5.97 Å². The van der Waals surface area contributed by atoms with Gasteiger partial charge >= 0.3 is 5.97 Å². The molecule has 0 saturated carbocycles. The van der Waals surface area contributed by atoms with Crippen LogP contribution < -0.4 is 14.8 Å². The van der Waals surface area contributed by atoms with Crippen LogP contribution in [0.3, 0.4) is 0 Å². The molecule has 0 aliphatic carbocycles. The summed E-state index contributed by atoms with van der Waals surface area (Å²) >= 11 is 0. The number of ether oxygens (including phenoxy) is 3. The standard InChI is InChI=1S/C21H23NO6/c1-3-27-17-9-7-16(8-10-17)22-20(24)11-12-21(25)28-14-19(23)15-5-4-6-18(13-15)26-2/h4-10,13H,3,11-12,14H2,1-2H3,(H,22,24). The van der Waals surface area contributed by atoms with Crippen LogP contribution in [0.5, 0.6) is 11.5 Å². The molecule has 2 aromatic carbocycles. The molecule has 0 aliphatic rings. The van der Waals surface area contributed by atoms with E-state index in [2.05, 4.69) is 5.32 Å². The molecule has 0 aliphatic heterocycles. The Balaban J connectivity index is 1.72. The molecule has 0 unspecified atom stereocenters. The van der Waals surface area contributed by atoms with Crippen molar-refractivity contribution in [2.45, 2.75) is 19.8 Å². The van der Waals surface area contributed by atoms with Gasteiger partial charge in [0.1, 0.15) is 11.5 Å². The lowest BCUT2D eigenvalue weighted by atomic mass is 10.1. The molecule has 0 radical (unpaired) electrons. The molecule has 2 aromatic rings. The Morgan fingerprint density at radius 3 is 2.39 bits per heavy atom. The van der Waals surface area contributed by atoms with E-state index in [0.29, 0.717) is 29.4 Å². The minimum Gasteiger partial charge on any atom is -0.497 e. The van der Waals surface area contributed by atoms with E-state index in [-0.39, 0.29) is 31.1 Å². The van der Waals surface area contributed by atoms with Crippen LogP contribution >= 0.6 is 0 Å². The minimum absolute atomic E-state index is 0.0423. The van der Waals surface area contributed by atoms with Crippen molar-refractivity contribution in [1.29, 1.82) is 0 Å². The molecule has 0 aromatic heterocycles. The van der Waals surface area contributed by atoms with Gasteiger partial charge in [0, 0.05) is 17.7 Å². The van der Waals surface area contributed by atoms with Crippen LogP contribution in [0.25, 0.3) is 0 Å². The Kier molecular flexibility index (Phi) is 8.02. The number of ketones is 1. The molecule has 0 heterocycles. The van der Waals surface area contributed by atoms with Crippen molar-refractivity contribution >= 4 is 23.3 Å². The van der Waals surface area contributed by atoms with E-state index in [1.165, 1.54) is 7.11 Å². The molecule has 0 atom stereocenters. The third-order valence-corrected chi connectivity index (χ3v) is 3.76. The average Bonchev–Trinajstić information content (AvgIpc) is 2.72. The van der Waals surface area contributed by atoms with Crippen molar-refractivity contribution in [1.82, 2.24) is 0 Å². The summed E-state index contributed by atoms with van der Waals surface area (Å²) in [4.78, 5) is 35.8. The predicted octanol–water partition coefficient (Wildman–Crippen LogP) is 3.24. The monoisotopic (exact) mass is 385 g/mol. The summed E-state index contributed by atoms with van der Waals surface area (Å²) in [6, 6.07) is 13.5. The van der Waals surface area contributed by atoms with E-state index in [0.717, 1.165) is 0 Å². The molecule has 0 fully saturated rings. The van der Waals surface area contributed by atoms with E-state index in [1.807, 2.05) is 6.92 Å². The van der Waals surface area contributed by atoms with Gasteiger partial charge in [0.25, 0.3) is 0 Å². The molecule has 148 valence electrons. The Morgan fingerprint density at radius 2 is 1.71 bits per heavy atom. The summed E-state index contributed by atoms with van der Waals surface area (Å²) in [6.45, 7) is 2.07. The molecule has 7 nitrogen and oxygen atoms in total.